The summed E-state index contributed by atoms with van der Waals surface area (Å²) in [6, 6.07) is 8.71. The van der Waals surface area contributed by atoms with Crippen LogP contribution in [0.5, 0.6) is 0 Å². The molecule has 0 radical (unpaired) electrons. The number of Topliss-reactive ketones (excluding diaryl/α,β-unsaturated/α-hetero) is 1. The van der Waals surface area contributed by atoms with Gasteiger partial charge in [-0.05, 0) is 45.8 Å². The van der Waals surface area contributed by atoms with Gasteiger partial charge in [0.25, 0.3) is 0 Å². The Morgan fingerprint density at radius 2 is 1.84 bits per heavy atom. The highest BCUT2D eigenvalue weighted by atomic mass is 16.6. The van der Waals surface area contributed by atoms with Crippen LogP contribution in [0.15, 0.2) is 42.5 Å². The van der Waals surface area contributed by atoms with Gasteiger partial charge in [0.1, 0.15) is 16.9 Å². The summed E-state index contributed by atoms with van der Waals surface area (Å²) in [5.41, 5.74) is -1.16. The minimum atomic E-state index is -1.18. The average molecular weight is 341 g/mol. The molecule has 0 aromatic heterocycles. The van der Waals surface area contributed by atoms with Crippen LogP contribution in [0.2, 0.25) is 0 Å². The van der Waals surface area contributed by atoms with Crippen LogP contribution < -0.4 is 0 Å². The summed E-state index contributed by atoms with van der Waals surface area (Å²) in [4.78, 5) is 39.6. The van der Waals surface area contributed by atoms with Crippen LogP contribution in [-0.2, 0) is 19.9 Å². The first kappa shape index (κ1) is 17.4. The zero-order valence-electron chi connectivity index (χ0n) is 15.0. The molecule has 132 valence electrons. The van der Waals surface area contributed by atoms with Gasteiger partial charge in [-0.2, -0.15) is 0 Å². The Morgan fingerprint density at radius 1 is 1.20 bits per heavy atom. The Labute approximate surface area is 147 Å². The zero-order chi connectivity index (χ0) is 18.4. The van der Waals surface area contributed by atoms with E-state index in [1.54, 1.807) is 26.8 Å². The van der Waals surface area contributed by atoms with Gasteiger partial charge in [0.05, 0.1) is 6.04 Å². The van der Waals surface area contributed by atoms with Crippen molar-refractivity contribution in [3.8, 4) is 0 Å². The minimum Gasteiger partial charge on any atom is -0.444 e. The van der Waals surface area contributed by atoms with E-state index in [1.165, 1.54) is 17.9 Å². The fourth-order valence-corrected chi connectivity index (χ4v) is 3.82. The molecule has 0 N–H and O–H groups in total. The van der Waals surface area contributed by atoms with Gasteiger partial charge >= 0.3 is 6.09 Å². The van der Waals surface area contributed by atoms with E-state index in [2.05, 4.69) is 0 Å². The first-order valence-corrected chi connectivity index (χ1v) is 8.48. The van der Waals surface area contributed by atoms with Crippen molar-refractivity contribution in [3.63, 3.8) is 0 Å². The van der Waals surface area contributed by atoms with E-state index in [0.717, 1.165) is 0 Å². The molecule has 3 rings (SSSR count). The maximum absolute atomic E-state index is 13.0. The first-order valence-electron chi connectivity index (χ1n) is 8.48. The standard InChI is InChI=1S/C20H23NO4/c1-13(22)15-12-20(14-8-6-5-7-9-14)17(23)11-10-16(15)21(20)18(24)25-19(2,3)4/h5-11,15-16H,12H2,1-4H3/t15-,16-,20-/m1/s1. The first-order chi connectivity index (χ1) is 11.7. The van der Waals surface area contributed by atoms with Crippen LogP contribution in [-0.4, -0.2) is 34.2 Å². The van der Waals surface area contributed by atoms with Crippen LogP contribution in [0.4, 0.5) is 4.79 Å². The predicted molar refractivity (Wildman–Crippen MR) is 92.9 cm³/mol. The Morgan fingerprint density at radius 3 is 2.40 bits per heavy atom. The van der Waals surface area contributed by atoms with Crippen LogP contribution in [0.1, 0.15) is 39.7 Å². The molecule has 2 bridgehead atoms. The van der Waals surface area contributed by atoms with E-state index in [9.17, 15) is 14.4 Å². The average Bonchev–Trinajstić information content (AvgIpc) is 2.81. The van der Waals surface area contributed by atoms with Crippen molar-refractivity contribution in [1.29, 1.82) is 0 Å². The minimum absolute atomic E-state index is 0.0317. The van der Waals surface area contributed by atoms with Gasteiger partial charge in [-0.15, -0.1) is 0 Å². The van der Waals surface area contributed by atoms with Gasteiger partial charge in [-0.3, -0.25) is 14.5 Å². The molecule has 25 heavy (non-hydrogen) atoms. The van der Waals surface area contributed by atoms with Crippen molar-refractivity contribution in [1.82, 2.24) is 4.90 Å². The van der Waals surface area contributed by atoms with E-state index in [0.29, 0.717) is 5.56 Å². The highest BCUT2D eigenvalue weighted by Crippen LogP contribution is 2.50. The summed E-state index contributed by atoms with van der Waals surface area (Å²) in [5.74, 6) is -0.643. The molecule has 5 nitrogen and oxygen atoms in total. The fourth-order valence-electron chi connectivity index (χ4n) is 3.82. The monoisotopic (exact) mass is 341 g/mol. The predicted octanol–water partition coefficient (Wildman–Crippen LogP) is 3.24. The van der Waals surface area contributed by atoms with Crippen molar-refractivity contribution in [2.75, 3.05) is 0 Å². The molecular weight excluding hydrogens is 318 g/mol. The summed E-state index contributed by atoms with van der Waals surface area (Å²) in [5, 5.41) is 0. The maximum Gasteiger partial charge on any atom is 0.411 e. The number of hydrogen-bond acceptors (Lipinski definition) is 4. The normalized spacial score (nSPS) is 28.2. The summed E-state index contributed by atoms with van der Waals surface area (Å²) in [7, 11) is 0. The number of carbonyl (C=O) groups is 3. The van der Waals surface area contributed by atoms with E-state index < -0.39 is 29.2 Å². The maximum atomic E-state index is 13.0. The van der Waals surface area contributed by atoms with Crippen molar-refractivity contribution in [3.05, 3.63) is 48.0 Å². The third kappa shape index (κ3) is 2.77. The highest BCUT2D eigenvalue weighted by Gasteiger charge is 2.61. The lowest BCUT2D eigenvalue weighted by Crippen LogP contribution is -2.56. The third-order valence-corrected chi connectivity index (χ3v) is 4.85. The van der Waals surface area contributed by atoms with Crippen LogP contribution >= 0.6 is 0 Å². The second-order valence-corrected chi connectivity index (χ2v) is 7.71. The lowest BCUT2D eigenvalue weighted by Gasteiger charge is -2.41. The lowest BCUT2D eigenvalue weighted by atomic mass is 9.81. The van der Waals surface area contributed by atoms with Crippen molar-refractivity contribution in [2.24, 2.45) is 5.92 Å². The second kappa shape index (κ2) is 5.83. The Balaban J connectivity index is 2.16. The second-order valence-electron chi connectivity index (χ2n) is 7.71. The van der Waals surface area contributed by atoms with E-state index >= 15 is 0 Å². The number of ketones is 2. The molecule has 0 aliphatic carbocycles. The highest BCUT2D eigenvalue weighted by molar-refractivity contribution is 6.04. The van der Waals surface area contributed by atoms with Crippen LogP contribution in [0.25, 0.3) is 0 Å². The molecule has 1 saturated heterocycles. The summed E-state index contributed by atoms with van der Waals surface area (Å²) >= 11 is 0. The fraction of sp³-hybridized carbons (Fsp3) is 0.450. The molecule has 2 aliphatic rings. The largest absolute Gasteiger partial charge is 0.444 e. The number of rotatable bonds is 2. The van der Waals surface area contributed by atoms with Crippen molar-refractivity contribution >= 4 is 17.7 Å². The van der Waals surface area contributed by atoms with Crippen molar-refractivity contribution in [2.45, 2.75) is 51.3 Å². The van der Waals surface area contributed by atoms with E-state index in [-0.39, 0.29) is 18.0 Å². The van der Waals surface area contributed by atoms with E-state index in [4.69, 9.17) is 4.74 Å². The molecule has 1 fully saturated rings. The lowest BCUT2D eigenvalue weighted by molar-refractivity contribution is -0.126. The Kier molecular flexibility index (Phi) is 4.06. The van der Waals surface area contributed by atoms with Crippen LogP contribution in [0, 0.1) is 5.92 Å². The molecule has 0 saturated carbocycles. The van der Waals surface area contributed by atoms with Gasteiger partial charge < -0.3 is 4.74 Å². The number of nitrogens with zero attached hydrogens (tertiary/aromatic N) is 1. The number of carbonyl (C=O) groups excluding carboxylic acids is 3. The van der Waals surface area contributed by atoms with Gasteiger partial charge in [-0.1, -0.05) is 36.4 Å². The topological polar surface area (TPSA) is 63.7 Å². The molecule has 1 amide bonds. The molecule has 0 unspecified atom stereocenters. The molecule has 1 aromatic carbocycles. The van der Waals surface area contributed by atoms with Gasteiger partial charge in [0.15, 0.2) is 5.78 Å². The molecule has 1 aromatic rings. The van der Waals surface area contributed by atoms with Crippen LogP contribution in [0.3, 0.4) is 0 Å². The summed E-state index contributed by atoms with van der Waals surface area (Å²) in [6.07, 6.45) is 2.87. The molecule has 5 heteroatoms. The number of hydrogen-bond donors (Lipinski definition) is 0. The number of amides is 1. The quantitative estimate of drug-likeness (QED) is 0.828. The van der Waals surface area contributed by atoms with Gasteiger partial charge in [-0.25, -0.2) is 4.79 Å². The number of benzene rings is 1. The molecule has 2 heterocycles. The van der Waals surface area contributed by atoms with Gasteiger partial charge in [0, 0.05) is 5.92 Å². The Bertz CT molecular complexity index is 747. The third-order valence-electron chi connectivity index (χ3n) is 4.85. The molecule has 3 atom stereocenters. The summed E-state index contributed by atoms with van der Waals surface area (Å²) < 4.78 is 5.57. The molecule has 0 spiro atoms. The summed E-state index contributed by atoms with van der Waals surface area (Å²) in [6.45, 7) is 6.86. The van der Waals surface area contributed by atoms with Gasteiger partial charge in [0.2, 0.25) is 0 Å². The number of fused-ring (bicyclic) bond motifs is 2. The SMILES string of the molecule is CC(=O)[C@H]1C[C@@]2(c3ccccc3)C(=O)C=C[C@H]1N2C(=O)OC(C)(C)C. The van der Waals surface area contributed by atoms with E-state index in [1.807, 2.05) is 30.3 Å². The molecular formula is C20H23NO4. The smallest absolute Gasteiger partial charge is 0.411 e. The zero-order valence-corrected chi connectivity index (χ0v) is 15.0. The molecule has 2 aliphatic heterocycles. The number of ether oxygens (including phenoxy) is 1. The van der Waals surface area contributed by atoms with Crippen molar-refractivity contribution < 1.29 is 19.1 Å². The Hall–Kier alpha value is -2.43.